The van der Waals surface area contributed by atoms with Crippen LogP contribution in [0.4, 0.5) is 0 Å². The highest BCUT2D eigenvalue weighted by Crippen LogP contribution is 2.64. The van der Waals surface area contributed by atoms with Crippen LogP contribution in [0, 0.1) is 16.7 Å². The molecule has 0 spiro atoms. The second kappa shape index (κ2) is 7.59. The lowest BCUT2D eigenvalue weighted by molar-refractivity contribution is -0.128. The quantitative estimate of drug-likeness (QED) is 0.590. The summed E-state index contributed by atoms with van der Waals surface area (Å²) in [7, 11) is -4.46. The molecule has 2 amide bonds. The van der Waals surface area contributed by atoms with Gasteiger partial charge in [0.15, 0.2) is 0 Å². The predicted molar refractivity (Wildman–Crippen MR) is 120 cm³/mol. The maximum atomic E-state index is 13.2. The van der Waals surface area contributed by atoms with E-state index in [1.807, 2.05) is 13.8 Å². The number of aliphatic hydroxyl groups is 1. The van der Waals surface area contributed by atoms with Crippen molar-refractivity contribution >= 4 is 38.5 Å². The average Bonchev–Trinajstić information content (AvgIpc) is 3.13. The fourth-order valence-electron chi connectivity index (χ4n) is 5.95. The summed E-state index contributed by atoms with van der Waals surface area (Å²) in [6.07, 6.45) is 1.53. The highest BCUT2D eigenvalue weighted by molar-refractivity contribution is 7.86. The number of Topliss-reactive ketones (excluding diaryl/α,β-unsaturated/α-hetero) is 1. The predicted octanol–water partition coefficient (Wildman–Crippen LogP) is 2.46. The van der Waals surface area contributed by atoms with Crippen molar-refractivity contribution in [3.05, 3.63) is 41.5 Å². The van der Waals surface area contributed by atoms with Crippen molar-refractivity contribution in [1.29, 1.82) is 0 Å². The number of imide groups is 1. The summed E-state index contributed by atoms with van der Waals surface area (Å²) in [4.78, 5) is 39.1. The van der Waals surface area contributed by atoms with Gasteiger partial charge in [0.1, 0.15) is 18.1 Å². The summed E-state index contributed by atoms with van der Waals surface area (Å²) >= 11 is 0. The van der Waals surface area contributed by atoms with Crippen LogP contribution in [0.2, 0.25) is 0 Å². The van der Waals surface area contributed by atoms with Crippen molar-refractivity contribution in [3.8, 4) is 5.75 Å². The molecule has 10 heteroatoms. The molecule has 2 aliphatic carbocycles. The molecule has 1 N–H and O–H groups in total. The molecule has 2 unspecified atom stereocenters. The highest BCUT2D eigenvalue weighted by atomic mass is 32.2. The van der Waals surface area contributed by atoms with Gasteiger partial charge in [0, 0.05) is 17.2 Å². The molecule has 0 aromatic heterocycles. The smallest absolute Gasteiger partial charge is 0.289 e. The number of amides is 2. The van der Waals surface area contributed by atoms with Gasteiger partial charge in [-0.05, 0) is 42.4 Å². The maximum absolute atomic E-state index is 13.2. The summed E-state index contributed by atoms with van der Waals surface area (Å²) < 4.78 is 36.9. The third kappa shape index (κ3) is 3.12. The zero-order valence-electron chi connectivity index (χ0n) is 18.9. The van der Waals surface area contributed by atoms with Crippen LogP contribution >= 0.6 is 0 Å². The van der Waals surface area contributed by atoms with Crippen LogP contribution in [-0.2, 0) is 19.2 Å². The molecule has 9 nitrogen and oxygen atoms in total. The summed E-state index contributed by atoms with van der Waals surface area (Å²) in [6, 6.07) is 7.69. The standard InChI is InChI=1S/C24H25NO8S/c1-23(2)14-8-9-24(23,19(27)12-14)13-34(30,31)33-25-21(28)16-5-3-4-15-18(32-11-10-26)7-6-17(20(15)16)22(25)29/h3-7,14,26H,8-13H2,1-2H3. The Bertz CT molecular complexity index is 1330. The number of ketones is 1. The molecular weight excluding hydrogens is 462 g/mol. The van der Waals surface area contributed by atoms with Crippen LogP contribution in [0.3, 0.4) is 0 Å². The lowest BCUT2D eigenvalue weighted by atomic mass is 9.70. The molecule has 2 fully saturated rings. The lowest BCUT2D eigenvalue weighted by Crippen LogP contribution is -2.46. The Morgan fingerprint density at radius 3 is 2.41 bits per heavy atom. The molecule has 5 rings (SSSR count). The normalized spacial score (nSPS) is 25.4. The monoisotopic (exact) mass is 487 g/mol. The van der Waals surface area contributed by atoms with Gasteiger partial charge in [-0.15, -0.1) is 9.35 Å². The van der Waals surface area contributed by atoms with Crippen molar-refractivity contribution < 1.29 is 36.9 Å². The number of benzene rings is 2. The first kappa shape index (κ1) is 22.9. The molecule has 180 valence electrons. The van der Waals surface area contributed by atoms with E-state index in [2.05, 4.69) is 0 Å². The Kier molecular flexibility index (Phi) is 5.12. The van der Waals surface area contributed by atoms with E-state index in [9.17, 15) is 22.8 Å². The SMILES string of the molecule is CC1(C)C2CCC1(CS(=O)(=O)ON1C(=O)c3cccc4c(OCCO)ccc(c34)C1=O)C(=O)C2. The number of carbonyl (C=O) groups is 3. The minimum absolute atomic E-state index is 0.0335. The van der Waals surface area contributed by atoms with Crippen molar-refractivity contribution in [2.75, 3.05) is 19.0 Å². The zero-order chi connectivity index (χ0) is 24.5. The molecule has 3 aliphatic rings. The maximum Gasteiger partial charge on any atom is 0.289 e. The van der Waals surface area contributed by atoms with Crippen molar-refractivity contribution in [2.24, 2.45) is 16.7 Å². The molecule has 1 heterocycles. The molecule has 2 atom stereocenters. The van der Waals surface area contributed by atoms with E-state index in [1.54, 1.807) is 12.1 Å². The Hall–Kier alpha value is -2.82. The summed E-state index contributed by atoms with van der Waals surface area (Å²) in [6.45, 7) is 3.62. The number of hydroxylamine groups is 2. The van der Waals surface area contributed by atoms with Crippen LogP contribution < -0.4 is 4.74 Å². The Morgan fingerprint density at radius 2 is 1.79 bits per heavy atom. The number of nitrogens with zero attached hydrogens (tertiary/aromatic N) is 1. The van der Waals surface area contributed by atoms with Gasteiger partial charge in [0.2, 0.25) is 0 Å². The second-order valence-electron chi connectivity index (χ2n) is 9.76. The number of hydrogen-bond donors (Lipinski definition) is 1. The number of rotatable bonds is 7. The minimum Gasteiger partial charge on any atom is -0.491 e. The number of ether oxygens (including phenoxy) is 1. The lowest BCUT2D eigenvalue weighted by Gasteiger charge is -2.36. The largest absolute Gasteiger partial charge is 0.491 e. The van der Waals surface area contributed by atoms with Gasteiger partial charge in [-0.2, -0.15) is 8.42 Å². The van der Waals surface area contributed by atoms with E-state index < -0.39 is 38.5 Å². The van der Waals surface area contributed by atoms with Crippen LogP contribution in [0.5, 0.6) is 5.75 Å². The average molecular weight is 488 g/mol. The van der Waals surface area contributed by atoms with Crippen LogP contribution in [0.25, 0.3) is 10.8 Å². The first-order valence-electron chi connectivity index (χ1n) is 11.2. The molecule has 0 radical (unpaired) electrons. The van der Waals surface area contributed by atoms with Crippen molar-refractivity contribution in [3.63, 3.8) is 0 Å². The van der Waals surface area contributed by atoms with Crippen molar-refractivity contribution in [2.45, 2.75) is 33.1 Å². The first-order valence-corrected chi connectivity index (χ1v) is 12.7. The molecule has 1 aliphatic heterocycles. The Balaban J connectivity index is 1.48. The fourth-order valence-corrected chi connectivity index (χ4v) is 7.64. The molecule has 2 aromatic carbocycles. The van der Waals surface area contributed by atoms with Crippen LogP contribution in [0.1, 0.15) is 53.8 Å². The van der Waals surface area contributed by atoms with Crippen LogP contribution in [-0.4, -0.2) is 55.2 Å². The van der Waals surface area contributed by atoms with E-state index >= 15 is 0 Å². The van der Waals surface area contributed by atoms with Gasteiger partial charge in [0.25, 0.3) is 21.9 Å². The van der Waals surface area contributed by atoms with Gasteiger partial charge in [-0.25, -0.2) is 0 Å². The third-order valence-electron chi connectivity index (χ3n) is 7.93. The first-order chi connectivity index (χ1) is 16.0. The van der Waals surface area contributed by atoms with Gasteiger partial charge >= 0.3 is 0 Å². The highest BCUT2D eigenvalue weighted by Gasteiger charge is 2.65. The Labute approximate surface area is 196 Å². The summed E-state index contributed by atoms with van der Waals surface area (Å²) in [5.74, 6) is -2.02. The van der Waals surface area contributed by atoms with E-state index in [-0.39, 0.29) is 41.1 Å². The van der Waals surface area contributed by atoms with E-state index in [0.717, 1.165) is 6.42 Å². The summed E-state index contributed by atoms with van der Waals surface area (Å²) in [5, 5.41) is 10.1. The zero-order valence-corrected chi connectivity index (χ0v) is 19.7. The van der Waals surface area contributed by atoms with Crippen LogP contribution in [0.15, 0.2) is 30.3 Å². The van der Waals surface area contributed by atoms with Crippen molar-refractivity contribution in [1.82, 2.24) is 5.06 Å². The summed E-state index contributed by atoms with van der Waals surface area (Å²) in [5.41, 5.74) is -1.42. The number of fused-ring (bicyclic) bond motifs is 2. The van der Waals surface area contributed by atoms with Gasteiger partial charge in [0.05, 0.1) is 28.9 Å². The molecule has 2 aromatic rings. The molecule has 2 saturated carbocycles. The minimum atomic E-state index is -4.46. The topological polar surface area (TPSA) is 127 Å². The van der Waals surface area contributed by atoms with Gasteiger partial charge in [-0.3, -0.25) is 14.4 Å². The number of carbonyl (C=O) groups excluding carboxylic acids is 3. The molecule has 34 heavy (non-hydrogen) atoms. The van der Waals surface area contributed by atoms with Gasteiger partial charge < -0.3 is 9.84 Å². The number of hydrogen-bond acceptors (Lipinski definition) is 8. The van der Waals surface area contributed by atoms with E-state index in [0.29, 0.717) is 29.4 Å². The third-order valence-corrected chi connectivity index (χ3v) is 9.15. The molecular formula is C24H25NO8S. The molecule has 2 bridgehead atoms. The number of aliphatic hydroxyl groups excluding tert-OH is 1. The second-order valence-corrected chi connectivity index (χ2v) is 11.3. The fraction of sp³-hybridized carbons (Fsp3) is 0.458. The molecule has 0 saturated heterocycles. The van der Waals surface area contributed by atoms with E-state index in [1.165, 1.54) is 18.2 Å². The van der Waals surface area contributed by atoms with E-state index in [4.69, 9.17) is 14.1 Å². The Morgan fingerprint density at radius 1 is 1.09 bits per heavy atom. The van der Waals surface area contributed by atoms with Gasteiger partial charge in [-0.1, -0.05) is 26.0 Å².